The van der Waals surface area contributed by atoms with Gasteiger partial charge in [0.15, 0.2) is 0 Å². The number of nitrogens with zero attached hydrogens (tertiary/aromatic N) is 1. The summed E-state index contributed by atoms with van der Waals surface area (Å²) >= 11 is 0. The van der Waals surface area contributed by atoms with E-state index in [9.17, 15) is 18.0 Å². The average Bonchev–Trinajstić information content (AvgIpc) is 2.25. The molecule has 3 amide bonds. The Morgan fingerprint density at radius 3 is 2.61 bits per heavy atom. The van der Waals surface area contributed by atoms with Crippen LogP contribution in [0.25, 0.3) is 0 Å². The monoisotopic (exact) mass is 275 g/mol. The standard InChI is InChI=1S/C10H17N3O4S/c1-3-4-5-13-10(15)12-8(6-18(13,16)17)7(2)9(11)14/h6-7H,3-5H2,1-2H3,(H2,11,14)(H,12,15). The minimum absolute atomic E-state index is 0.0141. The number of nitrogens with one attached hydrogen (secondary N) is 1. The van der Waals surface area contributed by atoms with Gasteiger partial charge in [0.25, 0.3) is 10.0 Å². The number of rotatable bonds is 5. The predicted molar refractivity (Wildman–Crippen MR) is 65.5 cm³/mol. The summed E-state index contributed by atoms with van der Waals surface area (Å²) in [4.78, 5) is 22.7. The number of urea groups is 1. The van der Waals surface area contributed by atoms with Gasteiger partial charge in [-0.3, -0.25) is 4.79 Å². The molecule has 0 saturated carbocycles. The van der Waals surface area contributed by atoms with E-state index in [4.69, 9.17) is 5.73 Å². The fraction of sp³-hybridized carbons (Fsp3) is 0.600. The Morgan fingerprint density at radius 2 is 2.17 bits per heavy atom. The highest BCUT2D eigenvalue weighted by Crippen LogP contribution is 2.18. The SMILES string of the molecule is CCCCN1C(=O)NC(C(C)C(N)=O)=CS1(=O)=O. The van der Waals surface area contributed by atoms with Crippen molar-refractivity contribution in [2.75, 3.05) is 6.54 Å². The molecule has 1 heterocycles. The van der Waals surface area contributed by atoms with Crippen LogP contribution >= 0.6 is 0 Å². The summed E-state index contributed by atoms with van der Waals surface area (Å²) in [6, 6.07) is -0.742. The number of hydrogen-bond donors (Lipinski definition) is 2. The summed E-state index contributed by atoms with van der Waals surface area (Å²) in [6.07, 6.45) is 1.36. The lowest BCUT2D eigenvalue weighted by Crippen LogP contribution is -2.49. The quantitative estimate of drug-likeness (QED) is 0.741. The fourth-order valence-electron chi connectivity index (χ4n) is 1.45. The smallest absolute Gasteiger partial charge is 0.335 e. The van der Waals surface area contributed by atoms with Gasteiger partial charge in [-0.05, 0) is 13.3 Å². The number of unbranched alkanes of at least 4 members (excludes halogenated alkanes) is 1. The molecule has 0 saturated heterocycles. The molecular formula is C10H17N3O4S. The topological polar surface area (TPSA) is 110 Å². The van der Waals surface area contributed by atoms with Crippen LogP contribution in [0.1, 0.15) is 26.7 Å². The number of amides is 3. The Morgan fingerprint density at radius 1 is 1.56 bits per heavy atom. The second kappa shape index (κ2) is 5.38. The molecule has 3 N–H and O–H groups in total. The molecule has 18 heavy (non-hydrogen) atoms. The highest BCUT2D eigenvalue weighted by molar-refractivity contribution is 7.92. The molecule has 1 atom stereocenters. The van der Waals surface area contributed by atoms with Crippen molar-refractivity contribution < 1.29 is 18.0 Å². The Balaban J connectivity index is 3.02. The molecule has 1 unspecified atom stereocenters. The molecule has 8 heteroatoms. The van der Waals surface area contributed by atoms with Gasteiger partial charge in [-0.25, -0.2) is 17.5 Å². The highest BCUT2D eigenvalue weighted by Gasteiger charge is 2.33. The lowest BCUT2D eigenvalue weighted by Gasteiger charge is -2.27. The molecule has 0 aromatic heterocycles. The van der Waals surface area contributed by atoms with Crippen molar-refractivity contribution in [2.45, 2.75) is 26.7 Å². The van der Waals surface area contributed by atoms with Crippen LogP contribution < -0.4 is 11.1 Å². The van der Waals surface area contributed by atoms with Crippen LogP contribution in [0, 0.1) is 5.92 Å². The van der Waals surface area contributed by atoms with Gasteiger partial charge in [-0.15, -0.1) is 0 Å². The highest BCUT2D eigenvalue weighted by atomic mass is 32.2. The van der Waals surface area contributed by atoms with Gasteiger partial charge >= 0.3 is 6.03 Å². The van der Waals surface area contributed by atoms with Gasteiger partial charge in [-0.2, -0.15) is 0 Å². The lowest BCUT2D eigenvalue weighted by molar-refractivity contribution is -0.120. The zero-order valence-electron chi connectivity index (χ0n) is 10.3. The van der Waals surface area contributed by atoms with Crippen LogP contribution in [0.15, 0.2) is 11.1 Å². The van der Waals surface area contributed by atoms with Crippen molar-refractivity contribution in [3.05, 3.63) is 11.1 Å². The summed E-state index contributed by atoms with van der Waals surface area (Å²) in [7, 11) is -3.82. The average molecular weight is 275 g/mol. The maximum absolute atomic E-state index is 11.9. The summed E-state index contributed by atoms with van der Waals surface area (Å²) in [5, 5.41) is 3.27. The van der Waals surface area contributed by atoms with E-state index in [1.807, 2.05) is 6.92 Å². The molecule has 0 bridgehead atoms. The predicted octanol–water partition coefficient (Wildman–Crippen LogP) is 0.104. The second-order valence-corrected chi connectivity index (χ2v) is 5.80. The van der Waals surface area contributed by atoms with Gasteiger partial charge < -0.3 is 11.1 Å². The second-order valence-electron chi connectivity index (χ2n) is 4.10. The van der Waals surface area contributed by atoms with Crippen molar-refractivity contribution in [1.29, 1.82) is 0 Å². The van der Waals surface area contributed by atoms with E-state index in [2.05, 4.69) is 5.32 Å². The molecule has 0 spiro atoms. The molecule has 0 aliphatic carbocycles. The molecule has 1 aliphatic rings. The van der Waals surface area contributed by atoms with Crippen LogP contribution in [-0.2, 0) is 14.8 Å². The number of primary amides is 1. The van der Waals surface area contributed by atoms with E-state index < -0.39 is 27.9 Å². The van der Waals surface area contributed by atoms with Crippen molar-refractivity contribution >= 4 is 22.0 Å². The van der Waals surface area contributed by atoms with Crippen molar-refractivity contribution in [3.8, 4) is 0 Å². The fourth-order valence-corrected chi connectivity index (χ4v) is 2.82. The van der Waals surface area contributed by atoms with Gasteiger partial charge in [-0.1, -0.05) is 13.3 Å². The minimum Gasteiger partial charge on any atom is -0.369 e. The normalized spacial score (nSPS) is 20.0. The maximum atomic E-state index is 11.9. The Bertz CT molecular complexity index is 483. The third-order valence-electron chi connectivity index (χ3n) is 2.67. The largest absolute Gasteiger partial charge is 0.369 e. The van der Waals surface area contributed by atoms with Crippen LogP contribution in [0.5, 0.6) is 0 Å². The molecule has 7 nitrogen and oxygen atoms in total. The number of carbonyl (C=O) groups is 2. The molecule has 1 rings (SSSR count). The zero-order chi connectivity index (χ0) is 13.9. The minimum atomic E-state index is -3.82. The van der Waals surface area contributed by atoms with Crippen molar-refractivity contribution in [3.63, 3.8) is 0 Å². The zero-order valence-corrected chi connectivity index (χ0v) is 11.2. The van der Waals surface area contributed by atoms with Crippen molar-refractivity contribution in [2.24, 2.45) is 11.7 Å². The summed E-state index contributed by atoms with van der Waals surface area (Å²) in [5.41, 5.74) is 5.09. The van der Waals surface area contributed by atoms with E-state index >= 15 is 0 Å². The molecular weight excluding hydrogens is 258 g/mol. The lowest BCUT2D eigenvalue weighted by atomic mass is 10.1. The summed E-state index contributed by atoms with van der Waals surface area (Å²) in [5.74, 6) is -1.55. The maximum Gasteiger partial charge on any atom is 0.335 e. The first-order valence-electron chi connectivity index (χ1n) is 5.64. The van der Waals surface area contributed by atoms with Gasteiger partial charge in [0.2, 0.25) is 5.91 Å². The van der Waals surface area contributed by atoms with E-state index in [-0.39, 0.29) is 12.2 Å². The van der Waals surface area contributed by atoms with E-state index in [1.165, 1.54) is 6.92 Å². The van der Waals surface area contributed by atoms with E-state index in [0.717, 1.165) is 16.1 Å². The van der Waals surface area contributed by atoms with Crippen molar-refractivity contribution in [1.82, 2.24) is 9.62 Å². The Kier molecular flexibility index (Phi) is 4.33. The molecule has 0 aromatic rings. The molecule has 1 aliphatic heterocycles. The first-order chi connectivity index (χ1) is 8.29. The third kappa shape index (κ3) is 3.00. The van der Waals surface area contributed by atoms with Gasteiger partial charge in [0.1, 0.15) is 0 Å². The van der Waals surface area contributed by atoms with Crippen LogP contribution in [0.4, 0.5) is 4.79 Å². The summed E-state index contributed by atoms with van der Waals surface area (Å²) < 4.78 is 24.5. The number of sulfonamides is 1. The van der Waals surface area contributed by atoms with Crippen LogP contribution in [0.2, 0.25) is 0 Å². The number of nitrogens with two attached hydrogens (primary N) is 1. The van der Waals surface area contributed by atoms with Gasteiger partial charge in [0, 0.05) is 12.2 Å². The number of carbonyl (C=O) groups excluding carboxylic acids is 2. The van der Waals surface area contributed by atoms with E-state index in [1.54, 1.807) is 0 Å². The molecule has 102 valence electrons. The summed E-state index contributed by atoms with van der Waals surface area (Å²) in [6.45, 7) is 3.45. The van der Waals surface area contributed by atoms with Gasteiger partial charge in [0.05, 0.1) is 11.3 Å². The Hall–Kier alpha value is -1.57. The Labute approximate surface area is 106 Å². The third-order valence-corrected chi connectivity index (χ3v) is 4.18. The molecule has 0 fully saturated rings. The first-order valence-corrected chi connectivity index (χ1v) is 7.14. The van der Waals surface area contributed by atoms with Crippen LogP contribution in [0.3, 0.4) is 0 Å². The van der Waals surface area contributed by atoms with E-state index in [0.29, 0.717) is 6.42 Å². The molecule has 0 aromatic carbocycles. The first kappa shape index (κ1) is 14.5. The number of hydrogen-bond acceptors (Lipinski definition) is 4. The van der Waals surface area contributed by atoms with Crippen LogP contribution in [-0.4, -0.2) is 31.2 Å². The molecule has 0 radical (unpaired) electrons.